The van der Waals surface area contributed by atoms with Crippen LogP contribution in [0.3, 0.4) is 0 Å². The summed E-state index contributed by atoms with van der Waals surface area (Å²) in [5, 5.41) is 7.30. The fourth-order valence-corrected chi connectivity index (χ4v) is 4.82. The summed E-state index contributed by atoms with van der Waals surface area (Å²) in [6.45, 7) is 3.25. The number of rotatable bonds is 5. The molecule has 1 aromatic heterocycles. The monoisotopic (exact) mass is 408 g/mol. The van der Waals surface area contributed by atoms with Crippen molar-refractivity contribution in [3.63, 3.8) is 0 Å². The maximum atomic E-state index is 12.7. The van der Waals surface area contributed by atoms with Gasteiger partial charge in [0, 0.05) is 35.0 Å². The topological polar surface area (TPSA) is 49.4 Å². The second-order valence-electron chi connectivity index (χ2n) is 6.28. The van der Waals surface area contributed by atoms with Gasteiger partial charge in [-0.2, -0.15) is 11.3 Å². The van der Waals surface area contributed by atoms with Gasteiger partial charge in [0.05, 0.1) is 10.3 Å². The average Bonchev–Trinajstić information content (AvgIpc) is 3.18. The number of thioether (sulfide) groups is 1. The fraction of sp³-hybridized carbons (Fsp3) is 0.368. The van der Waals surface area contributed by atoms with E-state index in [2.05, 4.69) is 5.32 Å². The average molecular weight is 409 g/mol. The van der Waals surface area contributed by atoms with Gasteiger partial charge < -0.3 is 10.2 Å². The van der Waals surface area contributed by atoms with Gasteiger partial charge in [-0.05, 0) is 43.3 Å². The normalized spacial score (nSPS) is 16.3. The largest absolute Gasteiger partial charge is 0.349 e. The Morgan fingerprint density at radius 1 is 1.27 bits per heavy atom. The molecule has 0 aliphatic carbocycles. The smallest absolute Gasteiger partial charge is 0.252 e. The summed E-state index contributed by atoms with van der Waals surface area (Å²) >= 11 is 9.19. The summed E-state index contributed by atoms with van der Waals surface area (Å²) in [5.41, 5.74) is 0.707. The third kappa shape index (κ3) is 4.81. The Morgan fingerprint density at radius 2 is 2.00 bits per heavy atom. The number of halogens is 1. The molecule has 138 valence electrons. The molecule has 0 saturated carbocycles. The predicted octanol–water partition coefficient (Wildman–Crippen LogP) is 4.30. The van der Waals surface area contributed by atoms with Crippen LogP contribution >= 0.6 is 34.7 Å². The number of hydrogen-bond acceptors (Lipinski definition) is 4. The SMILES string of the molecule is CC(Sc1ccccc1Cl)C(=O)N1CCC(NC(=O)c2ccsc2)CC1. The number of thiophene rings is 1. The quantitative estimate of drug-likeness (QED) is 0.750. The van der Waals surface area contributed by atoms with Crippen LogP contribution in [-0.4, -0.2) is 41.1 Å². The maximum Gasteiger partial charge on any atom is 0.252 e. The minimum absolute atomic E-state index is 0.0290. The van der Waals surface area contributed by atoms with Crippen molar-refractivity contribution in [3.8, 4) is 0 Å². The summed E-state index contributed by atoms with van der Waals surface area (Å²) in [6.07, 6.45) is 1.57. The Hall–Kier alpha value is -1.50. The zero-order valence-electron chi connectivity index (χ0n) is 14.5. The molecule has 1 atom stereocenters. The van der Waals surface area contributed by atoms with Gasteiger partial charge in [0.25, 0.3) is 5.91 Å². The van der Waals surface area contributed by atoms with Crippen LogP contribution in [0.15, 0.2) is 46.0 Å². The first-order valence-corrected chi connectivity index (χ1v) is 10.8. The molecule has 4 nitrogen and oxygen atoms in total. The Kier molecular flexibility index (Phi) is 6.62. The molecule has 7 heteroatoms. The number of carbonyl (C=O) groups excluding carboxylic acids is 2. The minimum atomic E-state index is -0.188. The van der Waals surface area contributed by atoms with E-state index in [9.17, 15) is 9.59 Å². The van der Waals surface area contributed by atoms with Gasteiger partial charge in [-0.25, -0.2) is 0 Å². The number of nitrogens with one attached hydrogen (secondary N) is 1. The van der Waals surface area contributed by atoms with Crippen molar-refractivity contribution in [2.75, 3.05) is 13.1 Å². The van der Waals surface area contributed by atoms with Crippen LogP contribution in [0.4, 0.5) is 0 Å². The van der Waals surface area contributed by atoms with E-state index < -0.39 is 0 Å². The van der Waals surface area contributed by atoms with E-state index >= 15 is 0 Å². The van der Waals surface area contributed by atoms with Gasteiger partial charge in [-0.3, -0.25) is 9.59 Å². The van der Waals surface area contributed by atoms with Gasteiger partial charge >= 0.3 is 0 Å². The minimum Gasteiger partial charge on any atom is -0.349 e. The molecule has 1 fully saturated rings. The molecule has 1 saturated heterocycles. The van der Waals surface area contributed by atoms with E-state index in [1.54, 1.807) is 0 Å². The molecule has 1 aromatic carbocycles. The molecule has 1 unspecified atom stereocenters. The molecular weight excluding hydrogens is 388 g/mol. The number of likely N-dealkylation sites (tertiary alicyclic amines) is 1. The molecule has 1 aliphatic heterocycles. The maximum absolute atomic E-state index is 12.7. The van der Waals surface area contributed by atoms with Crippen LogP contribution in [0.25, 0.3) is 0 Å². The van der Waals surface area contributed by atoms with Crippen LogP contribution in [0.2, 0.25) is 5.02 Å². The van der Waals surface area contributed by atoms with Crippen LogP contribution in [0.1, 0.15) is 30.1 Å². The van der Waals surface area contributed by atoms with E-state index in [0.717, 1.165) is 17.7 Å². The lowest BCUT2D eigenvalue weighted by molar-refractivity contribution is -0.131. The molecule has 2 amide bonds. The molecule has 1 N–H and O–H groups in total. The van der Waals surface area contributed by atoms with Crippen LogP contribution < -0.4 is 5.32 Å². The molecule has 0 bridgehead atoms. The predicted molar refractivity (Wildman–Crippen MR) is 108 cm³/mol. The Bertz CT molecular complexity index is 759. The highest BCUT2D eigenvalue weighted by molar-refractivity contribution is 8.00. The van der Waals surface area contributed by atoms with Crippen molar-refractivity contribution in [1.29, 1.82) is 0 Å². The van der Waals surface area contributed by atoms with E-state index in [1.165, 1.54) is 23.1 Å². The van der Waals surface area contributed by atoms with Crippen molar-refractivity contribution >= 4 is 46.5 Å². The first kappa shape index (κ1) is 19.3. The van der Waals surface area contributed by atoms with E-state index in [0.29, 0.717) is 23.7 Å². The van der Waals surface area contributed by atoms with Gasteiger partial charge in [0.2, 0.25) is 5.91 Å². The summed E-state index contributed by atoms with van der Waals surface area (Å²) in [4.78, 5) is 27.7. The zero-order valence-corrected chi connectivity index (χ0v) is 16.9. The highest BCUT2D eigenvalue weighted by Gasteiger charge is 2.27. The zero-order chi connectivity index (χ0) is 18.5. The van der Waals surface area contributed by atoms with E-state index in [-0.39, 0.29) is 23.1 Å². The number of benzene rings is 1. The molecule has 26 heavy (non-hydrogen) atoms. The first-order valence-electron chi connectivity index (χ1n) is 8.57. The number of piperidine rings is 1. The molecule has 2 aromatic rings. The van der Waals surface area contributed by atoms with E-state index in [1.807, 2.05) is 52.9 Å². The highest BCUT2D eigenvalue weighted by Crippen LogP contribution is 2.31. The molecule has 3 rings (SSSR count). The Labute approximate surface area is 166 Å². The van der Waals surface area contributed by atoms with Crippen LogP contribution in [0.5, 0.6) is 0 Å². The van der Waals surface area contributed by atoms with Crippen molar-refractivity contribution in [3.05, 3.63) is 51.7 Å². The number of carbonyl (C=O) groups is 2. The Balaban J connectivity index is 1.48. The number of amides is 2. The lowest BCUT2D eigenvalue weighted by Gasteiger charge is -2.33. The van der Waals surface area contributed by atoms with Crippen molar-refractivity contribution in [2.24, 2.45) is 0 Å². The fourth-order valence-electron chi connectivity index (χ4n) is 2.94. The molecular formula is C19H21ClN2O2S2. The van der Waals surface area contributed by atoms with Crippen LogP contribution in [0, 0.1) is 0 Å². The summed E-state index contributed by atoms with van der Waals surface area (Å²) < 4.78 is 0. The molecule has 0 spiro atoms. The molecule has 2 heterocycles. The Morgan fingerprint density at radius 3 is 2.65 bits per heavy atom. The van der Waals surface area contributed by atoms with Gasteiger partial charge in [0.1, 0.15) is 0 Å². The van der Waals surface area contributed by atoms with Gasteiger partial charge in [-0.15, -0.1) is 11.8 Å². The van der Waals surface area contributed by atoms with Gasteiger partial charge in [0.15, 0.2) is 0 Å². The second kappa shape index (κ2) is 8.93. The lowest BCUT2D eigenvalue weighted by Crippen LogP contribution is -2.48. The second-order valence-corrected chi connectivity index (χ2v) is 8.85. The van der Waals surface area contributed by atoms with Crippen molar-refractivity contribution < 1.29 is 9.59 Å². The number of hydrogen-bond donors (Lipinski definition) is 1. The van der Waals surface area contributed by atoms with Crippen molar-refractivity contribution in [2.45, 2.75) is 36.0 Å². The standard InChI is InChI=1S/C19H21ClN2O2S2/c1-13(26-17-5-3-2-4-16(17)20)19(24)22-9-6-15(7-10-22)21-18(23)14-8-11-25-12-14/h2-5,8,11-13,15H,6-7,9-10H2,1H3,(H,21,23). The lowest BCUT2D eigenvalue weighted by atomic mass is 10.0. The summed E-state index contributed by atoms with van der Waals surface area (Å²) in [6, 6.07) is 9.53. The third-order valence-electron chi connectivity index (χ3n) is 4.41. The first-order chi connectivity index (χ1) is 12.5. The van der Waals surface area contributed by atoms with Gasteiger partial charge in [-0.1, -0.05) is 23.7 Å². The molecule has 1 aliphatic rings. The van der Waals surface area contributed by atoms with Crippen molar-refractivity contribution in [1.82, 2.24) is 10.2 Å². The number of nitrogens with zero attached hydrogens (tertiary/aromatic N) is 1. The van der Waals surface area contributed by atoms with E-state index in [4.69, 9.17) is 11.6 Å². The molecule has 0 radical (unpaired) electrons. The third-order valence-corrected chi connectivity index (χ3v) is 6.70. The highest BCUT2D eigenvalue weighted by atomic mass is 35.5. The summed E-state index contributed by atoms with van der Waals surface area (Å²) in [7, 11) is 0. The van der Waals surface area contributed by atoms with Crippen LogP contribution in [-0.2, 0) is 4.79 Å². The summed E-state index contributed by atoms with van der Waals surface area (Å²) in [5.74, 6) is 0.0937.